The average molecular weight is 250 g/mol. The number of nitrogens with two attached hydrogens (primary N) is 1. The summed E-state index contributed by atoms with van der Waals surface area (Å²) >= 11 is 0. The van der Waals surface area contributed by atoms with Crippen molar-refractivity contribution in [1.82, 2.24) is 5.32 Å². The average Bonchev–Trinajstić information content (AvgIpc) is 2.22. The minimum absolute atomic E-state index is 0.0292. The predicted octanol–water partition coefficient (Wildman–Crippen LogP) is 2.29. The summed E-state index contributed by atoms with van der Waals surface area (Å²) in [5, 5.41) is 2.26. The molecule has 0 aliphatic heterocycles. The van der Waals surface area contributed by atoms with Crippen LogP contribution in [-0.4, -0.2) is 19.3 Å². The van der Waals surface area contributed by atoms with Gasteiger partial charge in [-0.05, 0) is 24.1 Å². The van der Waals surface area contributed by atoms with E-state index < -0.39 is 24.6 Å². The van der Waals surface area contributed by atoms with E-state index in [1.807, 2.05) is 0 Å². The Balaban J connectivity index is 2.76. The number of nitrogens with one attached hydrogen (secondary N) is 1. The van der Waals surface area contributed by atoms with Crippen LogP contribution in [0, 0.1) is 12.7 Å². The third-order valence-corrected chi connectivity index (χ3v) is 2.38. The molecule has 0 aliphatic rings. The van der Waals surface area contributed by atoms with Gasteiger partial charge in [0, 0.05) is 12.6 Å². The lowest BCUT2D eigenvalue weighted by Crippen LogP contribution is -2.35. The topological polar surface area (TPSA) is 38.0 Å². The molecule has 6 heteroatoms. The SMILES string of the molecule is Cc1ccc(C(CN)NCC(F)(F)F)cc1F. The Morgan fingerprint density at radius 1 is 1.35 bits per heavy atom. The Morgan fingerprint density at radius 3 is 2.47 bits per heavy atom. The second-order valence-electron chi connectivity index (χ2n) is 3.79. The lowest BCUT2D eigenvalue weighted by molar-refractivity contribution is -0.126. The van der Waals surface area contributed by atoms with Gasteiger partial charge in [0.25, 0.3) is 0 Å². The van der Waals surface area contributed by atoms with Gasteiger partial charge in [0.15, 0.2) is 0 Å². The fourth-order valence-corrected chi connectivity index (χ4v) is 1.40. The van der Waals surface area contributed by atoms with Crippen LogP contribution in [0.5, 0.6) is 0 Å². The third-order valence-electron chi connectivity index (χ3n) is 2.38. The van der Waals surface area contributed by atoms with Crippen LogP contribution in [0.4, 0.5) is 17.6 Å². The highest BCUT2D eigenvalue weighted by atomic mass is 19.4. The van der Waals surface area contributed by atoms with Crippen LogP contribution in [0.3, 0.4) is 0 Å². The van der Waals surface area contributed by atoms with Crippen molar-refractivity contribution >= 4 is 0 Å². The van der Waals surface area contributed by atoms with E-state index in [9.17, 15) is 17.6 Å². The number of alkyl halides is 3. The van der Waals surface area contributed by atoms with Crippen molar-refractivity contribution in [3.8, 4) is 0 Å². The first-order valence-corrected chi connectivity index (χ1v) is 5.09. The number of benzene rings is 1. The molecule has 0 bridgehead atoms. The van der Waals surface area contributed by atoms with Crippen molar-refractivity contribution in [2.24, 2.45) is 5.73 Å². The molecule has 1 atom stereocenters. The molecule has 0 amide bonds. The van der Waals surface area contributed by atoms with E-state index in [1.54, 1.807) is 13.0 Å². The molecule has 0 aliphatic carbocycles. The number of aryl methyl sites for hydroxylation is 1. The summed E-state index contributed by atoms with van der Waals surface area (Å²) in [6.07, 6.45) is -4.31. The van der Waals surface area contributed by atoms with Gasteiger partial charge in [-0.15, -0.1) is 0 Å². The first-order valence-electron chi connectivity index (χ1n) is 5.09. The summed E-state index contributed by atoms with van der Waals surface area (Å²) in [6, 6.07) is 3.59. The number of halogens is 4. The highest BCUT2D eigenvalue weighted by Crippen LogP contribution is 2.18. The van der Waals surface area contributed by atoms with Gasteiger partial charge in [-0.2, -0.15) is 13.2 Å². The number of hydrogen-bond donors (Lipinski definition) is 2. The zero-order valence-corrected chi connectivity index (χ0v) is 9.31. The first-order chi connectivity index (χ1) is 7.83. The molecule has 0 radical (unpaired) electrons. The first kappa shape index (κ1) is 13.9. The molecule has 1 unspecified atom stereocenters. The molecule has 0 spiro atoms. The van der Waals surface area contributed by atoms with Crippen molar-refractivity contribution in [1.29, 1.82) is 0 Å². The Kier molecular flexibility index (Phi) is 4.47. The Hall–Kier alpha value is -1.14. The number of hydrogen-bond acceptors (Lipinski definition) is 2. The Bertz CT molecular complexity index is 376. The molecule has 0 fully saturated rings. The van der Waals surface area contributed by atoms with E-state index in [1.165, 1.54) is 12.1 Å². The monoisotopic (exact) mass is 250 g/mol. The fourth-order valence-electron chi connectivity index (χ4n) is 1.40. The second-order valence-corrected chi connectivity index (χ2v) is 3.79. The fraction of sp³-hybridized carbons (Fsp3) is 0.455. The zero-order valence-electron chi connectivity index (χ0n) is 9.31. The smallest absolute Gasteiger partial charge is 0.329 e. The van der Waals surface area contributed by atoms with Crippen molar-refractivity contribution in [2.75, 3.05) is 13.1 Å². The van der Waals surface area contributed by atoms with Crippen LogP contribution in [0.25, 0.3) is 0 Å². The Morgan fingerprint density at radius 2 is 2.00 bits per heavy atom. The molecule has 0 heterocycles. The maximum absolute atomic E-state index is 13.3. The normalized spacial score (nSPS) is 13.8. The molecular weight excluding hydrogens is 236 g/mol. The molecular formula is C11H14F4N2. The zero-order chi connectivity index (χ0) is 13.1. The van der Waals surface area contributed by atoms with E-state index in [2.05, 4.69) is 5.32 Å². The van der Waals surface area contributed by atoms with E-state index in [0.29, 0.717) is 11.1 Å². The van der Waals surface area contributed by atoms with E-state index in [0.717, 1.165) is 0 Å². The van der Waals surface area contributed by atoms with Gasteiger partial charge in [0.1, 0.15) is 5.82 Å². The van der Waals surface area contributed by atoms with Gasteiger partial charge in [-0.25, -0.2) is 4.39 Å². The summed E-state index contributed by atoms with van der Waals surface area (Å²) in [4.78, 5) is 0. The second kappa shape index (κ2) is 5.46. The lowest BCUT2D eigenvalue weighted by Gasteiger charge is -2.18. The molecule has 3 N–H and O–H groups in total. The van der Waals surface area contributed by atoms with Gasteiger partial charge in [-0.3, -0.25) is 0 Å². The van der Waals surface area contributed by atoms with Crippen LogP contribution in [-0.2, 0) is 0 Å². The van der Waals surface area contributed by atoms with E-state index in [-0.39, 0.29) is 6.54 Å². The van der Waals surface area contributed by atoms with Crippen molar-refractivity contribution in [3.63, 3.8) is 0 Å². The molecule has 1 aromatic carbocycles. The minimum Gasteiger partial charge on any atom is -0.329 e. The van der Waals surface area contributed by atoms with Crippen molar-refractivity contribution in [3.05, 3.63) is 35.1 Å². The summed E-state index contributed by atoms with van der Waals surface area (Å²) in [7, 11) is 0. The predicted molar refractivity (Wildman–Crippen MR) is 57.0 cm³/mol. The number of rotatable bonds is 4. The molecule has 17 heavy (non-hydrogen) atoms. The summed E-state index contributed by atoms with van der Waals surface area (Å²) in [5.41, 5.74) is 6.23. The molecule has 96 valence electrons. The highest BCUT2D eigenvalue weighted by Gasteiger charge is 2.28. The lowest BCUT2D eigenvalue weighted by atomic mass is 10.0. The molecule has 0 saturated heterocycles. The molecule has 1 rings (SSSR count). The molecule has 1 aromatic rings. The summed E-state index contributed by atoms with van der Waals surface area (Å²) < 4.78 is 49.4. The van der Waals surface area contributed by atoms with Gasteiger partial charge in [-0.1, -0.05) is 12.1 Å². The maximum atomic E-state index is 13.3. The van der Waals surface area contributed by atoms with Crippen LogP contribution in [0.2, 0.25) is 0 Å². The standard InChI is InChI=1S/C11H14F4N2/c1-7-2-3-8(4-9(7)12)10(5-16)17-6-11(13,14)15/h2-4,10,17H,5-6,16H2,1H3. The van der Waals surface area contributed by atoms with E-state index >= 15 is 0 Å². The highest BCUT2D eigenvalue weighted by molar-refractivity contribution is 5.26. The van der Waals surface area contributed by atoms with Crippen LogP contribution >= 0.6 is 0 Å². The summed E-state index contributed by atoms with van der Waals surface area (Å²) in [6.45, 7) is 0.405. The van der Waals surface area contributed by atoms with Crippen LogP contribution in [0.15, 0.2) is 18.2 Å². The summed E-state index contributed by atoms with van der Waals surface area (Å²) in [5.74, 6) is -0.449. The van der Waals surface area contributed by atoms with Crippen molar-refractivity contribution in [2.45, 2.75) is 19.1 Å². The van der Waals surface area contributed by atoms with Crippen LogP contribution in [0.1, 0.15) is 17.2 Å². The molecule has 2 nitrogen and oxygen atoms in total. The van der Waals surface area contributed by atoms with Gasteiger partial charge >= 0.3 is 6.18 Å². The molecule has 0 saturated carbocycles. The largest absolute Gasteiger partial charge is 0.401 e. The third kappa shape index (κ3) is 4.32. The maximum Gasteiger partial charge on any atom is 0.401 e. The van der Waals surface area contributed by atoms with Crippen LogP contribution < -0.4 is 11.1 Å². The van der Waals surface area contributed by atoms with Gasteiger partial charge in [0.2, 0.25) is 0 Å². The van der Waals surface area contributed by atoms with Gasteiger partial charge in [0.05, 0.1) is 6.54 Å². The van der Waals surface area contributed by atoms with E-state index in [4.69, 9.17) is 5.73 Å². The quantitative estimate of drug-likeness (QED) is 0.804. The van der Waals surface area contributed by atoms with Crippen molar-refractivity contribution < 1.29 is 17.6 Å². The minimum atomic E-state index is -4.31. The van der Waals surface area contributed by atoms with Gasteiger partial charge < -0.3 is 11.1 Å². The molecule has 0 aromatic heterocycles. The Labute approximate surface area is 96.8 Å².